The molecule has 2 aromatic rings. The summed E-state index contributed by atoms with van der Waals surface area (Å²) in [6.45, 7) is 4.27. The van der Waals surface area contributed by atoms with E-state index in [-0.39, 0.29) is 29.9 Å². The second-order valence-electron chi connectivity index (χ2n) is 7.65. The molecule has 0 spiro atoms. The largest absolute Gasteiger partial charge is 0.354 e. The van der Waals surface area contributed by atoms with Crippen LogP contribution in [0.3, 0.4) is 0 Å². The third kappa shape index (κ3) is 4.90. The van der Waals surface area contributed by atoms with Gasteiger partial charge in [0.05, 0.1) is 11.7 Å². The van der Waals surface area contributed by atoms with Crippen molar-refractivity contribution in [3.63, 3.8) is 0 Å². The zero-order valence-corrected chi connectivity index (χ0v) is 16.8. The van der Waals surface area contributed by atoms with Crippen molar-refractivity contribution in [2.75, 3.05) is 26.2 Å². The Bertz CT molecular complexity index is 865. The molecule has 0 bridgehead atoms. The third-order valence-corrected chi connectivity index (χ3v) is 5.55. The molecule has 0 radical (unpaired) electrons. The van der Waals surface area contributed by atoms with E-state index >= 15 is 0 Å². The number of rotatable bonds is 5. The fourth-order valence-corrected chi connectivity index (χ4v) is 4.15. The molecule has 2 unspecified atom stereocenters. The Morgan fingerprint density at radius 3 is 3.00 bits per heavy atom. The average Bonchev–Trinajstić information content (AvgIpc) is 3.21. The maximum absolute atomic E-state index is 12.3. The van der Waals surface area contributed by atoms with Crippen LogP contribution in [0.4, 0.5) is 0 Å². The smallest absolute Gasteiger partial charge is 0.258 e. The molecule has 0 saturated carbocycles. The highest BCUT2D eigenvalue weighted by molar-refractivity contribution is 5.85. The minimum atomic E-state index is -0.0412. The van der Waals surface area contributed by atoms with Crippen LogP contribution in [0.2, 0.25) is 0 Å². The molecule has 2 saturated heterocycles. The summed E-state index contributed by atoms with van der Waals surface area (Å²) in [7, 11) is 0. The molecule has 0 aliphatic carbocycles. The van der Waals surface area contributed by atoms with Crippen molar-refractivity contribution in [2.24, 2.45) is 5.92 Å². The van der Waals surface area contributed by atoms with Gasteiger partial charge in [-0.25, -0.2) is 4.98 Å². The van der Waals surface area contributed by atoms with E-state index in [1.54, 1.807) is 16.7 Å². The number of nitrogens with zero attached hydrogens (tertiary/aromatic N) is 3. The molecule has 2 fully saturated rings. The van der Waals surface area contributed by atoms with E-state index < -0.39 is 0 Å². The van der Waals surface area contributed by atoms with Crippen molar-refractivity contribution >= 4 is 24.0 Å². The number of carbonyl (C=O) groups excluding carboxylic acids is 1. The third-order valence-electron chi connectivity index (χ3n) is 5.55. The molecule has 7 nitrogen and oxygen atoms in total. The molecule has 2 aliphatic rings. The van der Waals surface area contributed by atoms with Gasteiger partial charge in [-0.1, -0.05) is 6.07 Å². The van der Waals surface area contributed by atoms with Gasteiger partial charge in [0.25, 0.3) is 5.56 Å². The fraction of sp³-hybridized carbons (Fsp3) is 0.550. The number of hydrogen-bond donors (Lipinski definition) is 2. The van der Waals surface area contributed by atoms with Crippen molar-refractivity contribution in [2.45, 2.75) is 38.3 Å². The number of carbonyl (C=O) groups is 1. The lowest BCUT2D eigenvalue weighted by Gasteiger charge is -2.32. The summed E-state index contributed by atoms with van der Waals surface area (Å²) in [5.74, 6) is 0.583. The molecule has 2 aliphatic heterocycles. The predicted octanol–water partition coefficient (Wildman–Crippen LogP) is 1.20. The van der Waals surface area contributed by atoms with Gasteiger partial charge in [0.2, 0.25) is 5.91 Å². The van der Waals surface area contributed by atoms with Gasteiger partial charge in [0.1, 0.15) is 5.65 Å². The van der Waals surface area contributed by atoms with Gasteiger partial charge in [-0.2, -0.15) is 0 Å². The van der Waals surface area contributed by atoms with Crippen LogP contribution >= 0.6 is 12.4 Å². The zero-order chi connectivity index (χ0) is 18.6. The molecule has 2 atom stereocenters. The first-order valence-electron chi connectivity index (χ1n) is 9.90. The van der Waals surface area contributed by atoms with E-state index in [2.05, 4.69) is 20.5 Å². The number of pyridine rings is 1. The Morgan fingerprint density at radius 1 is 1.29 bits per heavy atom. The molecule has 2 N–H and O–H groups in total. The second kappa shape index (κ2) is 9.49. The van der Waals surface area contributed by atoms with Crippen LogP contribution in [0.15, 0.2) is 35.3 Å². The van der Waals surface area contributed by atoms with Gasteiger partial charge in [-0.3, -0.25) is 18.9 Å². The molecule has 8 heteroatoms. The van der Waals surface area contributed by atoms with Crippen molar-refractivity contribution in [3.05, 3.63) is 46.5 Å². The maximum atomic E-state index is 12.3. The summed E-state index contributed by atoms with van der Waals surface area (Å²) in [6.07, 6.45) is 5.99. The lowest BCUT2D eigenvalue weighted by molar-refractivity contribution is -0.123. The van der Waals surface area contributed by atoms with E-state index in [9.17, 15) is 9.59 Å². The number of likely N-dealkylation sites (tertiary alicyclic amines) is 1. The Balaban J connectivity index is 0.00000225. The molecule has 4 rings (SSSR count). The topological polar surface area (TPSA) is 78.7 Å². The monoisotopic (exact) mass is 405 g/mol. The summed E-state index contributed by atoms with van der Waals surface area (Å²) in [5, 5.41) is 6.36. The molecule has 1 amide bonds. The molecule has 0 aromatic carbocycles. The van der Waals surface area contributed by atoms with Gasteiger partial charge < -0.3 is 10.6 Å². The van der Waals surface area contributed by atoms with E-state index in [0.29, 0.717) is 18.1 Å². The van der Waals surface area contributed by atoms with Gasteiger partial charge in [-0.15, -0.1) is 12.4 Å². The summed E-state index contributed by atoms with van der Waals surface area (Å²) >= 11 is 0. The SMILES string of the molecule is Cl.O=C(NCC1CCCN(Cc2cc(=O)n3ccccc3n2)C1)C1CCCN1. The standard InChI is InChI=1S/C20H27N5O2.ClH/c26-19-11-16(23-18-7-1-2-10-25(18)19)14-24-9-4-5-15(13-24)12-22-20(27)17-6-3-8-21-17;/h1-2,7,10-11,15,17,21H,3-6,8-9,12-14H2,(H,22,27);1H. The highest BCUT2D eigenvalue weighted by Gasteiger charge is 2.25. The highest BCUT2D eigenvalue weighted by Crippen LogP contribution is 2.18. The van der Waals surface area contributed by atoms with Gasteiger partial charge in [-0.05, 0) is 56.8 Å². The van der Waals surface area contributed by atoms with Crippen molar-refractivity contribution in [3.8, 4) is 0 Å². The molecule has 2 aromatic heterocycles. The molecule has 28 heavy (non-hydrogen) atoms. The molecule has 4 heterocycles. The Labute approximate surface area is 170 Å². The Kier molecular flexibility index (Phi) is 7.04. The van der Waals surface area contributed by atoms with Crippen molar-refractivity contribution < 1.29 is 4.79 Å². The lowest BCUT2D eigenvalue weighted by Crippen LogP contribution is -2.45. The van der Waals surface area contributed by atoms with Gasteiger partial charge >= 0.3 is 0 Å². The average molecular weight is 406 g/mol. The summed E-state index contributed by atoms with van der Waals surface area (Å²) in [5.41, 5.74) is 1.46. The normalized spacial score (nSPS) is 22.7. The van der Waals surface area contributed by atoms with Crippen LogP contribution in [0.25, 0.3) is 5.65 Å². The molecule has 152 valence electrons. The number of aromatic nitrogens is 2. The maximum Gasteiger partial charge on any atom is 0.258 e. The first kappa shape index (κ1) is 20.8. The highest BCUT2D eigenvalue weighted by atomic mass is 35.5. The van der Waals surface area contributed by atoms with Crippen molar-refractivity contribution in [1.29, 1.82) is 0 Å². The Hall–Kier alpha value is -1.96. The number of piperidine rings is 1. The minimum Gasteiger partial charge on any atom is -0.354 e. The van der Waals surface area contributed by atoms with Crippen molar-refractivity contribution in [1.82, 2.24) is 24.9 Å². The van der Waals surface area contributed by atoms with Crippen LogP contribution in [0.5, 0.6) is 0 Å². The number of hydrogen-bond acceptors (Lipinski definition) is 5. The quantitative estimate of drug-likeness (QED) is 0.781. The predicted molar refractivity (Wildman–Crippen MR) is 111 cm³/mol. The first-order chi connectivity index (χ1) is 13.2. The summed E-state index contributed by atoms with van der Waals surface area (Å²) in [6, 6.07) is 7.20. The first-order valence-corrected chi connectivity index (χ1v) is 9.90. The van der Waals surface area contributed by atoms with E-state index in [0.717, 1.165) is 57.6 Å². The number of nitrogens with one attached hydrogen (secondary N) is 2. The van der Waals surface area contributed by atoms with Gasteiger partial charge in [0, 0.05) is 31.9 Å². The van der Waals surface area contributed by atoms with Gasteiger partial charge in [0.15, 0.2) is 0 Å². The lowest BCUT2D eigenvalue weighted by atomic mass is 9.97. The van der Waals surface area contributed by atoms with Crippen LogP contribution in [0.1, 0.15) is 31.4 Å². The summed E-state index contributed by atoms with van der Waals surface area (Å²) < 4.78 is 1.56. The van der Waals surface area contributed by atoms with Crippen LogP contribution in [-0.2, 0) is 11.3 Å². The van der Waals surface area contributed by atoms with Crippen LogP contribution in [-0.4, -0.2) is 52.4 Å². The van der Waals surface area contributed by atoms with E-state index in [1.807, 2.05) is 18.2 Å². The molecular weight excluding hydrogens is 378 g/mol. The number of amides is 1. The van der Waals surface area contributed by atoms with E-state index in [1.165, 1.54) is 0 Å². The van der Waals surface area contributed by atoms with E-state index in [4.69, 9.17) is 0 Å². The number of halogens is 1. The number of fused-ring (bicyclic) bond motifs is 1. The summed E-state index contributed by atoms with van der Waals surface area (Å²) in [4.78, 5) is 31.4. The van der Waals surface area contributed by atoms with Crippen LogP contribution in [0, 0.1) is 5.92 Å². The van der Waals surface area contributed by atoms with Crippen LogP contribution < -0.4 is 16.2 Å². The Morgan fingerprint density at radius 2 is 2.18 bits per heavy atom. The second-order valence-corrected chi connectivity index (χ2v) is 7.65. The molecular formula is C20H28ClN5O2. The fourth-order valence-electron chi connectivity index (χ4n) is 4.15. The zero-order valence-electron chi connectivity index (χ0n) is 16.0. The minimum absolute atomic E-state index is 0.